The lowest BCUT2D eigenvalue weighted by atomic mass is 10.2. The van der Waals surface area contributed by atoms with Crippen molar-refractivity contribution in [1.29, 1.82) is 0 Å². The number of hydrogen-bond acceptors (Lipinski definition) is 3. The first kappa shape index (κ1) is 9.53. The van der Waals surface area contributed by atoms with E-state index in [4.69, 9.17) is 11.3 Å². The summed E-state index contributed by atoms with van der Waals surface area (Å²) in [5, 5.41) is 5.32. The molecule has 0 bridgehead atoms. The van der Waals surface area contributed by atoms with E-state index in [1.54, 1.807) is 0 Å². The number of terminal acetylenes is 1. The van der Waals surface area contributed by atoms with Crippen molar-refractivity contribution in [3.05, 3.63) is 0 Å². The second-order valence-electron chi connectivity index (χ2n) is 3.24. The van der Waals surface area contributed by atoms with Gasteiger partial charge in [0.05, 0.1) is 0 Å². The molecule has 2 unspecified atom stereocenters. The Balaban J connectivity index is 2.34. The SMILES string of the molecule is C#CCON1CC(C)NCC1C. The largest absolute Gasteiger partial charge is 0.311 e. The summed E-state index contributed by atoms with van der Waals surface area (Å²) >= 11 is 0. The van der Waals surface area contributed by atoms with Crippen LogP contribution in [0.2, 0.25) is 0 Å². The topological polar surface area (TPSA) is 24.5 Å². The van der Waals surface area contributed by atoms with Gasteiger partial charge in [-0.25, -0.2) is 0 Å². The summed E-state index contributed by atoms with van der Waals surface area (Å²) in [6, 6.07) is 0.897. The maximum absolute atomic E-state index is 5.37. The molecule has 1 aliphatic rings. The molecule has 3 heteroatoms. The van der Waals surface area contributed by atoms with Crippen LogP contribution in [-0.4, -0.2) is 36.8 Å². The minimum absolute atomic E-state index is 0.372. The van der Waals surface area contributed by atoms with E-state index in [1.165, 1.54) is 0 Å². The van der Waals surface area contributed by atoms with Crippen molar-refractivity contribution in [2.45, 2.75) is 25.9 Å². The summed E-state index contributed by atoms with van der Waals surface area (Å²) in [5.74, 6) is 2.47. The third-order valence-corrected chi connectivity index (χ3v) is 2.02. The second kappa shape index (κ2) is 4.46. The van der Waals surface area contributed by atoms with Gasteiger partial charge < -0.3 is 5.32 Å². The number of hydrogen-bond donors (Lipinski definition) is 1. The van der Waals surface area contributed by atoms with E-state index in [-0.39, 0.29) is 0 Å². The van der Waals surface area contributed by atoms with Gasteiger partial charge in [-0.2, -0.15) is 5.06 Å². The summed E-state index contributed by atoms with van der Waals surface area (Å²) in [7, 11) is 0. The Hall–Kier alpha value is -0.560. The van der Waals surface area contributed by atoms with E-state index in [1.807, 2.05) is 5.06 Å². The Morgan fingerprint density at radius 2 is 2.42 bits per heavy atom. The number of rotatable bonds is 2. The molecule has 0 spiro atoms. The number of nitrogens with one attached hydrogen (secondary N) is 1. The average Bonchev–Trinajstić information content (AvgIpc) is 2.07. The lowest BCUT2D eigenvalue weighted by molar-refractivity contribution is -0.184. The molecule has 12 heavy (non-hydrogen) atoms. The van der Waals surface area contributed by atoms with Crippen LogP contribution in [0.25, 0.3) is 0 Å². The zero-order valence-corrected chi connectivity index (χ0v) is 7.71. The monoisotopic (exact) mass is 168 g/mol. The van der Waals surface area contributed by atoms with Crippen molar-refractivity contribution in [2.75, 3.05) is 19.7 Å². The summed E-state index contributed by atoms with van der Waals surface area (Å²) in [6.45, 7) is 6.50. The molecule has 2 atom stereocenters. The molecule has 0 aliphatic carbocycles. The van der Waals surface area contributed by atoms with Crippen LogP contribution in [0, 0.1) is 12.3 Å². The van der Waals surface area contributed by atoms with Crippen molar-refractivity contribution >= 4 is 0 Å². The zero-order chi connectivity index (χ0) is 8.97. The Kier molecular flexibility index (Phi) is 3.54. The number of piperazine rings is 1. The minimum Gasteiger partial charge on any atom is -0.311 e. The third-order valence-electron chi connectivity index (χ3n) is 2.02. The first-order valence-corrected chi connectivity index (χ1v) is 4.30. The molecule has 3 nitrogen and oxygen atoms in total. The summed E-state index contributed by atoms with van der Waals surface area (Å²) < 4.78 is 0. The van der Waals surface area contributed by atoms with Crippen LogP contribution >= 0.6 is 0 Å². The molecule has 0 aromatic carbocycles. The van der Waals surface area contributed by atoms with E-state index in [0.29, 0.717) is 18.7 Å². The summed E-state index contributed by atoms with van der Waals surface area (Å²) in [4.78, 5) is 5.37. The highest BCUT2D eigenvalue weighted by atomic mass is 16.7. The maximum atomic E-state index is 5.37. The molecule has 0 aromatic rings. The Bertz CT molecular complexity index is 176. The van der Waals surface area contributed by atoms with Crippen molar-refractivity contribution in [1.82, 2.24) is 10.4 Å². The van der Waals surface area contributed by atoms with E-state index >= 15 is 0 Å². The van der Waals surface area contributed by atoms with Gasteiger partial charge in [-0.3, -0.25) is 4.84 Å². The van der Waals surface area contributed by atoms with Gasteiger partial charge in [0.15, 0.2) is 0 Å². The first-order chi connectivity index (χ1) is 5.74. The number of nitrogens with zero attached hydrogens (tertiary/aromatic N) is 1. The van der Waals surface area contributed by atoms with Crippen molar-refractivity contribution < 1.29 is 4.84 Å². The molecule has 1 fully saturated rings. The van der Waals surface area contributed by atoms with Gasteiger partial charge in [-0.1, -0.05) is 5.92 Å². The highest BCUT2D eigenvalue weighted by Crippen LogP contribution is 2.06. The highest BCUT2D eigenvalue weighted by Gasteiger charge is 2.22. The van der Waals surface area contributed by atoms with Crippen molar-refractivity contribution in [3.63, 3.8) is 0 Å². The molecule has 1 aliphatic heterocycles. The molecule has 1 N–H and O–H groups in total. The molecule has 0 aromatic heterocycles. The minimum atomic E-state index is 0.372. The summed E-state index contributed by atoms with van der Waals surface area (Å²) in [5.41, 5.74) is 0. The average molecular weight is 168 g/mol. The molecule has 1 rings (SSSR count). The van der Waals surface area contributed by atoms with Crippen LogP contribution < -0.4 is 5.32 Å². The van der Waals surface area contributed by atoms with Gasteiger partial charge >= 0.3 is 0 Å². The first-order valence-electron chi connectivity index (χ1n) is 4.30. The van der Waals surface area contributed by atoms with Gasteiger partial charge in [-0.05, 0) is 13.8 Å². The van der Waals surface area contributed by atoms with Crippen LogP contribution in [0.5, 0.6) is 0 Å². The van der Waals surface area contributed by atoms with Crippen molar-refractivity contribution in [3.8, 4) is 12.3 Å². The Labute approximate surface area is 74.0 Å². The molecule has 1 saturated heterocycles. The lowest BCUT2D eigenvalue weighted by Gasteiger charge is -2.35. The molecular formula is C9H16N2O. The van der Waals surface area contributed by atoms with Crippen LogP contribution in [0.15, 0.2) is 0 Å². The zero-order valence-electron chi connectivity index (χ0n) is 7.71. The van der Waals surface area contributed by atoms with Crippen molar-refractivity contribution in [2.24, 2.45) is 0 Å². The normalized spacial score (nSPS) is 31.4. The van der Waals surface area contributed by atoms with E-state index in [2.05, 4.69) is 25.1 Å². The smallest absolute Gasteiger partial charge is 0.129 e. The fourth-order valence-corrected chi connectivity index (χ4v) is 1.29. The molecule has 0 radical (unpaired) electrons. The van der Waals surface area contributed by atoms with Crippen LogP contribution in [0.3, 0.4) is 0 Å². The molecular weight excluding hydrogens is 152 g/mol. The highest BCUT2D eigenvalue weighted by molar-refractivity contribution is 4.84. The predicted molar refractivity (Wildman–Crippen MR) is 48.4 cm³/mol. The van der Waals surface area contributed by atoms with Gasteiger partial charge in [0.2, 0.25) is 0 Å². The van der Waals surface area contributed by atoms with Crippen LogP contribution in [-0.2, 0) is 4.84 Å². The third kappa shape index (κ3) is 2.49. The van der Waals surface area contributed by atoms with Crippen LogP contribution in [0.4, 0.5) is 0 Å². The van der Waals surface area contributed by atoms with E-state index in [9.17, 15) is 0 Å². The van der Waals surface area contributed by atoms with Gasteiger partial charge in [0.1, 0.15) is 6.61 Å². The van der Waals surface area contributed by atoms with Gasteiger partial charge in [-0.15, -0.1) is 6.42 Å². The predicted octanol–water partition coefficient (Wildman–Crippen LogP) is 0.233. The van der Waals surface area contributed by atoms with E-state index in [0.717, 1.165) is 13.1 Å². The lowest BCUT2D eigenvalue weighted by Crippen LogP contribution is -2.54. The molecule has 68 valence electrons. The number of hydroxylamine groups is 2. The van der Waals surface area contributed by atoms with Crippen LogP contribution in [0.1, 0.15) is 13.8 Å². The molecule has 0 amide bonds. The Morgan fingerprint density at radius 3 is 3.08 bits per heavy atom. The maximum Gasteiger partial charge on any atom is 0.129 e. The molecule has 1 heterocycles. The van der Waals surface area contributed by atoms with E-state index < -0.39 is 0 Å². The Morgan fingerprint density at radius 1 is 1.67 bits per heavy atom. The fourth-order valence-electron chi connectivity index (χ4n) is 1.29. The summed E-state index contributed by atoms with van der Waals surface area (Å²) in [6.07, 6.45) is 5.11. The fraction of sp³-hybridized carbons (Fsp3) is 0.778. The van der Waals surface area contributed by atoms with Gasteiger partial charge in [0.25, 0.3) is 0 Å². The standard InChI is InChI=1S/C9H16N2O/c1-4-5-12-11-7-8(2)10-6-9(11)3/h1,8-10H,5-7H2,2-3H3. The quantitative estimate of drug-likeness (QED) is 0.597. The second-order valence-corrected chi connectivity index (χ2v) is 3.24. The molecule has 0 saturated carbocycles. The van der Waals surface area contributed by atoms with Gasteiger partial charge in [0, 0.05) is 25.2 Å².